The van der Waals surface area contributed by atoms with Crippen molar-refractivity contribution < 1.29 is 0 Å². The van der Waals surface area contributed by atoms with Crippen molar-refractivity contribution >= 4 is 6.34 Å². The number of rotatable bonds is 1. The molecule has 0 aromatic heterocycles. The van der Waals surface area contributed by atoms with Crippen LogP contribution in [0, 0.1) is 5.92 Å². The molecule has 62 valence electrons. The highest BCUT2D eigenvalue weighted by atomic mass is 15.1. The van der Waals surface area contributed by atoms with Gasteiger partial charge in [0.1, 0.15) is 0 Å². The van der Waals surface area contributed by atoms with E-state index >= 15 is 0 Å². The third-order valence-corrected chi connectivity index (χ3v) is 2.79. The number of nitrogens with one attached hydrogen (secondary N) is 2. The minimum absolute atomic E-state index is 0.597. The minimum Gasteiger partial charge on any atom is -0.371 e. The molecule has 1 saturated heterocycles. The SMILES string of the molecule is C[C@H]1NCCC1[C@H]1CN=CN1. The van der Waals surface area contributed by atoms with E-state index in [1.165, 1.54) is 13.0 Å². The van der Waals surface area contributed by atoms with Gasteiger partial charge in [0, 0.05) is 6.04 Å². The molecular weight excluding hydrogens is 138 g/mol. The van der Waals surface area contributed by atoms with Crippen molar-refractivity contribution in [1.82, 2.24) is 10.6 Å². The molecule has 2 N–H and O–H groups in total. The first kappa shape index (κ1) is 7.10. The molecule has 0 bridgehead atoms. The van der Waals surface area contributed by atoms with Gasteiger partial charge < -0.3 is 10.6 Å². The third kappa shape index (κ3) is 1.25. The Bertz CT molecular complexity index is 159. The van der Waals surface area contributed by atoms with E-state index in [-0.39, 0.29) is 0 Å². The molecule has 0 radical (unpaired) electrons. The summed E-state index contributed by atoms with van der Waals surface area (Å²) in [6, 6.07) is 1.26. The van der Waals surface area contributed by atoms with Crippen molar-refractivity contribution in [3.8, 4) is 0 Å². The van der Waals surface area contributed by atoms with Gasteiger partial charge in [-0.15, -0.1) is 0 Å². The van der Waals surface area contributed by atoms with Crippen LogP contribution in [0.4, 0.5) is 0 Å². The largest absolute Gasteiger partial charge is 0.371 e. The van der Waals surface area contributed by atoms with E-state index in [1.807, 2.05) is 6.34 Å². The van der Waals surface area contributed by atoms with Crippen molar-refractivity contribution in [1.29, 1.82) is 0 Å². The zero-order valence-corrected chi connectivity index (χ0v) is 6.88. The van der Waals surface area contributed by atoms with Crippen molar-refractivity contribution in [3.63, 3.8) is 0 Å². The molecule has 0 saturated carbocycles. The van der Waals surface area contributed by atoms with Crippen molar-refractivity contribution in [2.24, 2.45) is 10.9 Å². The van der Waals surface area contributed by atoms with Gasteiger partial charge in [0.15, 0.2) is 0 Å². The van der Waals surface area contributed by atoms with Crippen LogP contribution in [-0.2, 0) is 0 Å². The lowest BCUT2D eigenvalue weighted by atomic mass is 9.94. The van der Waals surface area contributed by atoms with E-state index < -0.39 is 0 Å². The average molecular weight is 153 g/mol. The molecular formula is C8H15N3. The number of hydrogen-bond donors (Lipinski definition) is 2. The molecule has 3 nitrogen and oxygen atoms in total. The number of aliphatic imine (C=N–C) groups is 1. The molecule has 0 spiro atoms. The molecule has 0 aliphatic carbocycles. The van der Waals surface area contributed by atoms with E-state index in [4.69, 9.17) is 0 Å². The van der Waals surface area contributed by atoms with Crippen LogP contribution in [0.2, 0.25) is 0 Å². The quantitative estimate of drug-likeness (QED) is 0.555. The van der Waals surface area contributed by atoms with Gasteiger partial charge in [-0.25, -0.2) is 0 Å². The Balaban J connectivity index is 1.93. The van der Waals surface area contributed by atoms with Crippen LogP contribution in [0.5, 0.6) is 0 Å². The lowest BCUT2D eigenvalue weighted by Crippen LogP contribution is -2.39. The van der Waals surface area contributed by atoms with Gasteiger partial charge in [-0.1, -0.05) is 0 Å². The third-order valence-electron chi connectivity index (χ3n) is 2.79. The molecule has 11 heavy (non-hydrogen) atoms. The number of hydrogen-bond acceptors (Lipinski definition) is 3. The van der Waals surface area contributed by atoms with Crippen molar-refractivity contribution in [2.45, 2.75) is 25.4 Å². The summed E-state index contributed by atoms with van der Waals surface area (Å²) >= 11 is 0. The molecule has 2 aliphatic rings. The Kier molecular flexibility index (Phi) is 1.82. The summed E-state index contributed by atoms with van der Waals surface area (Å²) in [5.74, 6) is 0.775. The van der Waals surface area contributed by atoms with Crippen LogP contribution >= 0.6 is 0 Å². The van der Waals surface area contributed by atoms with E-state index in [0.29, 0.717) is 12.1 Å². The van der Waals surface area contributed by atoms with Gasteiger partial charge >= 0.3 is 0 Å². The van der Waals surface area contributed by atoms with Gasteiger partial charge in [-0.2, -0.15) is 0 Å². The van der Waals surface area contributed by atoms with E-state index in [1.54, 1.807) is 0 Å². The second-order valence-electron chi connectivity index (χ2n) is 3.46. The van der Waals surface area contributed by atoms with Gasteiger partial charge in [0.25, 0.3) is 0 Å². The van der Waals surface area contributed by atoms with E-state index in [9.17, 15) is 0 Å². The highest BCUT2D eigenvalue weighted by Gasteiger charge is 2.31. The van der Waals surface area contributed by atoms with Crippen LogP contribution in [0.3, 0.4) is 0 Å². The first-order valence-corrected chi connectivity index (χ1v) is 4.35. The van der Waals surface area contributed by atoms with Gasteiger partial charge in [0.05, 0.1) is 18.9 Å². The molecule has 1 fully saturated rings. The molecule has 3 atom stereocenters. The zero-order chi connectivity index (χ0) is 7.68. The molecule has 2 aliphatic heterocycles. The highest BCUT2D eigenvalue weighted by molar-refractivity contribution is 5.57. The van der Waals surface area contributed by atoms with Crippen molar-refractivity contribution in [3.05, 3.63) is 0 Å². The Labute approximate surface area is 67.3 Å². The second-order valence-corrected chi connectivity index (χ2v) is 3.46. The summed E-state index contributed by atoms with van der Waals surface area (Å²) in [4.78, 5) is 4.18. The normalized spacial score (nSPS) is 42.8. The van der Waals surface area contributed by atoms with Gasteiger partial charge in [-0.05, 0) is 25.8 Å². The maximum Gasteiger partial charge on any atom is 0.0827 e. The number of nitrogens with zero attached hydrogens (tertiary/aromatic N) is 1. The molecule has 1 unspecified atom stereocenters. The van der Waals surface area contributed by atoms with Crippen LogP contribution < -0.4 is 10.6 Å². The maximum atomic E-state index is 4.18. The van der Waals surface area contributed by atoms with Crippen LogP contribution in [-0.4, -0.2) is 31.5 Å². The fraction of sp³-hybridized carbons (Fsp3) is 0.875. The standard InChI is InChI=1S/C8H15N3/c1-6-7(2-3-10-6)8-4-9-5-11-8/h5-8,10H,2-4H2,1H3,(H,9,11)/t6-,7?,8-/m1/s1. The Morgan fingerprint density at radius 3 is 3.00 bits per heavy atom. The van der Waals surface area contributed by atoms with Gasteiger partial charge in [-0.3, -0.25) is 4.99 Å². The molecule has 0 aromatic rings. The summed E-state index contributed by atoms with van der Waals surface area (Å²) in [6.07, 6.45) is 3.14. The lowest BCUT2D eigenvalue weighted by molar-refractivity contribution is 0.384. The molecule has 0 aromatic carbocycles. The summed E-state index contributed by atoms with van der Waals surface area (Å²) in [6.45, 7) is 4.40. The predicted octanol–water partition coefficient (Wildman–Crippen LogP) is -0.0155. The fourth-order valence-corrected chi connectivity index (χ4v) is 2.06. The smallest absolute Gasteiger partial charge is 0.0827 e. The summed E-state index contributed by atoms with van der Waals surface area (Å²) in [5, 5.41) is 6.75. The topological polar surface area (TPSA) is 36.4 Å². The predicted molar refractivity (Wildman–Crippen MR) is 45.9 cm³/mol. The zero-order valence-electron chi connectivity index (χ0n) is 6.88. The molecule has 0 amide bonds. The Morgan fingerprint density at radius 1 is 1.55 bits per heavy atom. The van der Waals surface area contributed by atoms with Crippen LogP contribution in [0.1, 0.15) is 13.3 Å². The summed E-state index contributed by atoms with van der Waals surface area (Å²) < 4.78 is 0. The van der Waals surface area contributed by atoms with E-state index in [2.05, 4.69) is 22.5 Å². The monoisotopic (exact) mass is 153 g/mol. The molecule has 3 heteroatoms. The first-order chi connectivity index (χ1) is 5.38. The summed E-state index contributed by atoms with van der Waals surface area (Å²) in [7, 11) is 0. The van der Waals surface area contributed by atoms with Crippen LogP contribution in [0.25, 0.3) is 0 Å². The Hall–Kier alpha value is -0.570. The Morgan fingerprint density at radius 2 is 2.45 bits per heavy atom. The highest BCUT2D eigenvalue weighted by Crippen LogP contribution is 2.20. The van der Waals surface area contributed by atoms with E-state index in [0.717, 1.165) is 12.5 Å². The van der Waals surface area contributed by atoms with Gasteiger partial charge in [0.2, 0.25) is 0 Å². The second kappa shape index (κ2) is 2.81. The molecule has 2 rings (SSSR count). The maximum absolute atomic E-state index is 4.18. The van der Waals surface area contributed by atoms with Crippen LogP contribution in [0.15, 0.2) is 4.99 Å². The van der Waals surface area contributed by atoms with Crippen molar-refractivity contribution in [2.75, 3.05) is 13.1 Å². The lowest BCUT2D eigenvalue weighted by Gasteiger charge is -2.21. The molecule has 2 heterocycles. The summed E-state index contributed by atoms with van der Waals surface area (Å²) in [5.41, 5.74) is 0. The average Bonchev–Trinajstić information content (AvgIpc) is 2.55. The fourth-order valence-electron chi connectivity index (χ4n) is 2.06. The first-order valence-electron chi connectivity index (χ1n) is 4.35. The minimum atomic E-state index is 0.597.